The fourth-order valence-electron chi connectivity index (χ4n) is 2.35. The largest absolute Gasteiger partial charge is 0.496 e. The van der Waals surface area contributed by atoms with Crippen molar-refractivity contribution in [3.63, 3.8) is 0 Å². The summed E-state index contributed by atoms with van der Waals surface area (Å²) in [5.41, 5.74) is 2.50. The summed E-state index contributed by atoms with van der Waals surface area (Å²) < 4.78 is 12.2. The maximum absolute atomic E-state index is 6.08. The van der Waals surface area contributed by atoms with Gasteiger partial charge in [-0.25, -0.2) is 0 Å². The summed E-state index contributed by atoms with van der Waals surface area (Å²) in [5, 5.41) is 0. The Morgan fingerprint density at radius 3 is 2.10 bits per heavy atom. The summed E-state index contributed by atoms with van der Waals surface area (Å²) in [7, 11) is -0.369. The number of benzene rings is 1. The second-order valence-corrected chi connectivity index (χ2v) is 6.46. The SMILES string of the molecule is CC1(C)OB(c2cncc(-c3ccccc3)c2)OC1(C)C. The summed E-state index contributed by atoms with van der Waals surface area (Å²) in [4.78, 5) is 4.34. The lowest BCUT2D eigenvalue weighted by Crippen LogP contribution is -2.41. The molecule has 0 bridgehead atoms. The fourth-order valence-corrected chi connectivity index (χ4v) is 2.35. The zero-order valence-corrected chi connectivity index (χ0v) is 13.0. The topological polar surface area (TPSA) is 31.4 Å². The molecule has 0 spiro atoms. The molecule has 1 aliphatic heterocycles. The second kappa shape index (κ2) is 4.97. The van der Waals surface area contributed by atoms with Crippen molar-refractivity contribution in [3.05, 3.63) is 48.8 Å². The van der Waals surface area contributed by atoms with Crippen LogP contribution in [0.5, 0.6) is 0 Å². The van der Waals surface area contributed by atoms with Gasteiger partial charge in [0.05, 0.1) is 11.2 Å². The van der Waals surface area contributed by atoms with Gasteiger partial charge in [0.15, 0.2) is 0 Å². The Kier molecular flexibility index (Phi) is 3.38. The molecule has 4 heteroatoms. The highest BCUT2D eigenvalue weighted by Crippen LogP contribution is 2.36. The summed E-state index contributed by atoms with van der Waals surface area (Å²) in [6, 6.07) is 12.3. The predicted molar refractivity (Wildman–Crippen MR) is 85.4 cm³/mol. The van der Waals surface area contributed by atoms with E-state index in [1.165, 1.54) is 0 Å². The molecule has 1 fully saturated rings. The van der Waals surface area contributed by atoms with Crippen LogP contribution >= 0.6 is 0 Å². The quantitative estimate of drug-likeness (QED) is 0.793. The van der Waals surface area contributed by atoms with Crippen molar-refractivity contribution in [2.75, 3.05) is 0 Å². The lowest BCUT2D eigenvalue weighted by Gasteiger charge is -2.32. The molecule has 0 atom stereocenters. The van der Waals surface area contributed by atoms with Gasteiger partial charge < -0.3 is 9.31 Å². The zero-order chi connectivity index (χ0) is 15.1. The van der Waals surface area contributed by atoms with Gasteiger partial charge >= 0.3 is 7.12 Å². The smallest absolute Gasteiger partial charge is 0.399 e. The van der Waals surface area contributed by atoms with Crippen LogP contribution in [0.25, 0.3) is 11.1 Å². The van der Waals surface area contributed by atoms with Crippen molar-refractivity contribution in [1.29, 1.82) is 0 Å². The van der Waals surface area contributed by atoms with E-state index in [9.17, 15) is 0 Å². The van der Waals surface area contributed by atoms with Crippen LogP contribution in [-0.2, 0) is 9.31 Å². The molecule has 0 saturated carbocycles. The molecule has 0 N–H and O–H groups in total. The Morgan fingerprint density at radius 2 is 1.48 bits per heavy atom. The van der Waals surface area contributed by atoms with Crippen LogP contribution < -0.4 is 5.46 Å². The maximum Gasteiger partial charge on any atom is 0.496 e. The fraction of sp³-hybridized carbons (Fsp3) is 0.353. The van der Waals surface area contributed by atoms with Crippen molar-refractivity contribution in [2.45, 2.75) is 38.9 Å². The normalized spacial score (nSPS) is 19.7. The number of rotatable bonds is 2. The van der Waals surface area contributed by atoms with Crippen LogP contribution in [0.4, 0.5) is 0 Å². The van der Waals surface area contributed by atoms with Gasteiger partial charge in [0.25, 0.3) is 0 Å². The monoisotopic (exact) mass is 281 g/mol. The first-order valence-corrected chi connectivity index (χ1v) is 7.25. The van der Waals surface area contributed by atoms with Gasteiger partial charge in [-0.05, 0) is 38.8 Å². The summed E-state index contributed by atoms with van der Waals surface area (Å²) in [6.45, 7) is 8.23. The third-order valence-corrected chi connectivity index (χ3v) is 4.39. The highest BCUT2D eigenvalue weighted by Gasteiger charge is 2.51. The van der Waals surface area contributed by atoms with Crippen molar-refractivity contribution >= 4 is 12.6 Å². The molecule has 0 amide bonds. The van der Waals surface area contributed by atoms with Gasteiger partial charge in [0.1, 0.15) is 0 Å². The molecular weight excluding hydrogens is 261 g/mol. The van der Waals surface area contributed by atoms with Gasteiger partial charge in [-0.15, -0.1) is 0 Å². The average molecular weight is 281 g/mol. The van der Waals surface area contributed by atoms with E-state index in [-0.39, 0.29) is 18.3 Å². The van der Waals surface area contributed by atoms with Crippen molar-refractivity contribution in [3.8, 4) is 11.1 Å². The first-order chi connectivity index (χ1) is 9.89. The number of pyridine rings is 1. The third kappa shape index (κ3) is 2.61. The van der Waals surface area contributed by atoms with E-state index < -0.39 is 0 Å². The molecule has 0 radical (unpaired) electrons. The standard InChI is InChI=1S/C17H20BNO2/c1-16(2)17(3,4)21-18(20-16)15-10-14(11-19-12-15)13-8-6-5-7-9-13/h5-12H,1-4H3. The summed E-state index contributed by atoms with van der Waals surface area (Å²) >= 11 is 0. The molecule has 1 aliphatic rings. The first-order valence-electron chi connectivity index (χ1n) is 7.25. The van der Waals surface area contributed by atoms with E-state index in [2.05, 4.69) is 50.9 Å². The van der Waals surface area contributed by atoms with Gasteiger partial charge in [-0.3, -0.25) is 4.98 Å². The van der Waals surface area contributed by atoms with Gasteiger partial charge in [-0.1, -0.05) is 36.4 Å². The average Bonchev–Trinajstić information content (AvgIpc) is 2.69. The molecule has 1 aromatic heterocycles. The molecule has 2 aromatic rings. The number of hydrogen-bond acceptors (Lipinski definition) is 3. The van der Waals surface area contributed by atoms with Gasteiger partial charge in [-0.2, -0.15) is 0 Å². The third-order valence-electron chi connectivity index (χ3n) is 4.39. The number of hydrogen-bond donors (Lipinski definition) is 0. The molecule has 3 rings (SSSR count). The number of nitrogens with zero attached hydrogens (tertiary/aromatic N) is 1. The second-order valence-electron chi connectivity index (χ2n) is 6.46. The van der Waals surface area contributed by atoms with Crippen molar-refractivity contribution in [1.82, 2.24) is 4.98 Å². The molecular formula is C17H20BNO2. The highest BCUT2D eigenvalue weighted by molar-refractivity contribution is 6.62. The zero-order valence-electron chi connectivity index (χ0n) is 13.0. The van der Waals surface area contributed by atoms with Crippen molar-refractivity contribution in [2.24, 2.45) is 0 Å². The van der Waals surface area contributed by atoms with E-state index in [0.717, 1.165) is 16.6 Å². The van der Waals surface area contributed by atoms with Crippen LogP contribution in [0.3, 0.4) is 0 Å². The molecule has 108 valence electrons. The van der Waals surface area contributed by atoms with Gasteiger partial charge in [0, 0.05) is 17.9 Å². The van der Waals surface area contributed by atoms with Gasteiger partial charge in [0.2, 0.25) is 0 Å². The van der Waals surface area contributed by atoms with E-state index in [1.807, 2.05) is 30.6 Å². The Morgan fingerprint density at radius 1 is 0.857 bits per heavy atom. The minimum Gasteiger partial charge on any atom is -0.399 e. The lowest BCUT2D eigenvalue weighted by atomic mass is 9.79. The van der Waals surface area contributed by atoms with Crippen LogP contribution in [-0.4, -0.2) is 23.3 Å². The summed E-state index contributed by atoms with van der Waals surface area (Å²) in [6.07, 6.45) is 3.68. The molecule has 3 nitrogen and oxygen atoms in total. The van der Waals surface area contributed by atoms with Crippen molar-refractivity contribution < 1.29 is 9.31 Å². The van der Waals surface area contributed by atoms with Crippen LogP contribution in [0, 0.1) is 0 Å². The van der Waals surface area contributed by atoms with Crippen LogP contribution in [0.2, 0.25) is 0 Å². The first kappa shape index (κ1) is 14.3. The minimum atomic E-state index is -0.369. The van der Waals surface area contributed by atoms with E-state index >= 15 is 0 Å². The molecule has 0 aliphatic carbocycles. The Labute approximate surface area is 126 Å². The molecule has 1 saturated heterocycles. The highest BCUT2D eigenvalue weighted by atomic mass is 16.7. The Bertz CT molecular complexity index is 624. The van der Waals surface area contributed by atoms with Crippen LogP contribution in [0.15, 0.2) is 48.8 Å². The predicted octanol–water partition coefficient (Wildman–Crippen LogP) is 3.05. The van der Waals surface area contributed by atoms with E-state index in [0.29, 0.717) is 0 Å². The molecule has 1 aromatic carbocycles. The lowest BCUT2D eigenvalue weighted by molar-refractivity contribution is 0.00578. The van der Waals surface area contributed by atoms with E-state index in [4.69, 9.17) is 9.31 Å². The molecule has 21 heavy (non-hydrogen) atoms. The summed E-state index contributed by atoms with van der Waals surface area (Å²) in [5.74, 6) is 0. The molecule has 0 unspecified atom stereocenters. The Balaban J connectivity index is 1.92. The molecule has 2 heterocycles. The Hall–Kier alpha value is -1.65. The van der Waals surface area contributed by atoms with E-state index in [1.54, 1.807) is 0 Å². The minimum absolute atomic E-state index is 0.333. The maximum atomic E-state index is 6.08. The number of aromatic nitrogens is 1. The van der Waals surface area contributed by atoms with Crippen LogP contribution in [0.1, 0.15) is 27.7 Å².